The molecule has 0 amide bonds. The molecule has 0 saturated heterocycles. The Morgan fingerprint density at radius 3 is 2.29 bits per heavy atom. The van der Waals surface area contributed by atoms with E-state index in [0.717, 1.165) is 37.3 Å². The van der Waals surface area contributed by atoms with Gasteiger partial charge in [0.15, 0.2) is 5.78 Å². The number of hydrogen-bond acceptors (Lipinski definition) is 4. The number of aromatic nitrogens is 1. The van der Waals surface area contributed by atoms with E-state index in [1.54, 1.807) is 11.3 Å². The minimum atomic E-state index is -0.214. The van der Waals surface area contributed by atoms with Gasteiger partial charge in [-0.3, -0.25) is 4.79 Å². The molecule has 0 aliphatic rings. The van der Waals surface area contributed by atoms with Crippen LogP contribution < -0.4 is 0 Å². The van der Waals surface area contributed by atoms with Gasteiger partial charge in [0.2, 0.25) is 0 Å². The summed E-state index contributed by atoms with van der Waals surface area (Å²) in [5, 5.41) is 9.51. The topological polar surface area (TPSA) is 50.2 Å². The second kappa shape index (κ2) is 11.8. The van der Waals surface area contributed by atoms with Crippen LogP contribution in [0.4, 0.5) is 4.39 Å². The number of thiophene rings is 1. The van der Waals surface area contributed by atoms with Gasteiger partial charge in [0.25, 0.3) is 0 Å². The first-order valence-corrected chi connectivity index (χ1v) is 11.8. The molecule has 6 heteroatoms. The number of fused-ring (bicyclic) bond motifs is 1. The number of pyridine rings is 1. The molecule has 2 heterocycles. The van der Waals surface area contributed by atoms with Gasteiger partial charge in [0, 0.05) is 37.3 Å². The third kappa shape index (κ3) is 7.93. The molecule has 0 bridgehead atoms. The molecule has 35 heavy (non-hydrogen) atoms. The molecule has 1 N–H and O–H groups in total. The van der Waals surface area contributed by atoms with Gasteiger partial charge in [0.05, 0.1) is 10.5 Å². The number of hydrogen-bond donors (Lipinski definition) is 1. The van der Waals surface area contributed by atoms with E-state index in [4.69, 9.17) is 5.11 Å². The fourth-order valence-corrected chi connectivity index (χ4v) is 4.45. The van der Waals surface area contributed by atoms with Gasteiger partial charge in [-0.2, -0.15) is 0 Å². The number of halogens is 1. The molecule has 3 nitrogen and oxygen atoms in total. The summed E-state index contributed by atoms with van der Waals surface area (Å²) in [7, 11) is 0. The summed E-state index contributed by atoms with van der Waals surface area (Å²) in [6, 6.07) is 18.7. The maximum atomic E-state index is 13.2. The largest absolute Gasteiger partial charge is 0.512 e. The summed E-state index contributed by atoms with van der Waals surface area (Å²) in [6.45, 7) is 11.6. The normalized spacial score (nSPS) is 11.5. The number of nitrogens with zero attached hydrogens (tertiary/aromatic N) is 1. The summed E-state index contributed by atoms with van der Waals surface area (Å²) in [5.41, 5.74) is 5.47. The zero-order valence-electron chi connectivity index (χ0n) is 20.7. The number of carbonyl (C=O) groups excluding carboxylic acids is 1. The number of carbonyl (C=O) groups is 1. The summed E-state index contributed by atoms with van der Waals surface area (Å²) in [5.74, 6) is -0.277. The van der Waals surface area contributed by atoms with Crippen LogP contribution in [0.1, 0.15) is 45.7 Å². The van der Waals surface area contributed by atoms with Crippen LogP contribution in [0, 0.1) is 18.8 Å². The molecular formula is C29H29FIrNO2S-. The van der Waals surface area contributed by atoms with E-state index in [2.05, 4.69) is 63.0 Å². The first-order valence-electron chi connectivity index (χ1n) is 11.0. The van der Waals surface area contributed by atoms with Gasteiger partial charge in [-0.1, -0.05) is 45.9 Å². The van der Waals surface area contributed by atoms with Crippen molar-refractivity contribution in [3.05, 3.63) is 89.6 Å². The average molecular weight is 667 g/mol. The van der Waals surface area contributed by atoms with Gasteiger partial charge < -0.3 is 10.1 Å². The van der Waals surface area contributed by atoms with Crippen LogP contribution in [-0.4, -0.2) is 15.9 Å². The maximum Gasteiger partial charge on any atom is 0.155 e. The standard InChI is InChI=1S/C24H21FNS.C5H8O2.Ir/c1-15-9-17(11-19(10-15)24(2,3)4)21-12-18-13-22(27-23(18)14-26-21)16-5-7-20(25)8-6-16;1-4(6)3-5(2)7;/h5-8,10-14H,1-4H3;3,6H,1-2H3;/q-1;;/b;4-3-;. The monoisotopic (exact) mass is 667 g/mol. The Morgan fingerprint density at radius 1 is 1.09 bits per heavy atom. The average Bonchev–Trinajstić information content (AvgIpc) is 3.16. The molecule has 0 aliphatic carbocycles. The quantitative estimate of drug-likeness (QED) is 0.136. The molecule has 0 atom stereocenters. The summed E-state index contributed by atoms with van der Waals surface area (Å²) < 4.78 is 14.3. The molecule has 0 spiro atoms. The zero-order chi connectivity index (χ0) is 25.0. The second-order valence-corrected chi connectivity index (χ2v) is 10.4. The van der Waals surface area contributed by atoms with Crippen molar-refractivity contribution in [1.82, 2.24) is 4.98 Å². The Hall–Kier alpha value is -2.66. The van der Waals surface area contributed by atoms with Crippen molar-refractivity contribution in [3.8, 4) is 21.7 Å². The van der Waals surface area contributed by atoms with Crippen LogP contribution in [0.15, 0.2) is 66.6 Å². The Balaban J connectivity index is 0.000000476. The van der Waals surface area contributed by atoms with Crippen molar-refractivity contribution in [1.29, 1.82) is 0 Å². The van der Waals surface area contributed by atoms with Gasteiger partial charge >= 0.3 is 0 Å². The molecule has 185 valence electrons. The van der Waals surface area contributed by atoms with Crippen LogP contribution in [0.5, 0.6) is 0 Å². The van der Waals surface area contributed by atoms with Crippen LogP contribution in [-0.2, 0) is 30.3 Å². The molecule has 0 fully saturated rings. The number of rotatable bonds is 3. The van der Waals surface area contributed by atoms with E-state index < -0.39 is 0 Å². The minimum absolute atomic E-state index is 0. The Bertz CT molecular complexity index is 1350. The second-order valence-electron chi connectivity index (χ2n) is 9.34. The molecule has 4 rings (SSSR count). The first kappa shape index (κ1) is 28.6. The Morgan fingerprint density at radius 2 is 1.74 bits per heavy atom. The number of allylic oxidation sites excluding steroid dienone is 2. The molecule has 4 aromatic rings. The molecule has 2 aromatic heterocycles. The van der Waals surface area contributed by atoms with Gasteiger partial charge in [0.1, 0.15) is 5.82 Å². The third-order valence-corrected chi connectivity index (χ3v) is 6.23. The summed E-state index contributed by atoms with van der Waals surface area (Å²) in [4.78, 5) is 15.8. The number of benzene rings is 2. The summed E-state index contributed by atoms with van der Waals surface area (Å²) >= 11 is 1.68. The number of ketones is 1. The fourth-order valence-electron chi connectivity index (χ4n) is 3.43. The first-order chi connectivity index (χ1) is 15.9. The van der Waals surface area contributed by atoms with Crippen molar-refractivity contribution in [2.24, 2.45) is 0 Å². The molecule has 0 unspecified atom stereocenters. The molecule has 1 radical (unpaired) electrons. The van der Waals surface area contributed by atoms with Gasteiger partial charge in [-0.05, 0) is 54.1 Å². The van der Waals surface area contributed by atoms with Gasteiger partial charge in [-0.15, -0.1) is 46.2 Å². The van der Waals surface area contributed by atoms with Crippen molar-refractivity contribution in [2.45, 2.75) is 47.0 Å². The Kier molecular flexibility index (Phi) is 9.67. The number of aliphatic hydroxyl groups is 1. The van der Waals surface area contributed by atoms with Crippen molar-refractivity contribution in [3.63, 3.8) is 0 Å². The smallest absolute Gasteiger partial charge is 0.155 e. The van der Waals surface area contributed by atoms with Crippen LogP contribution in [0.3, 0.4) is 0 Å². The van der Waals surface area contributed by atoms with E-state index in [1.807, 2.05) is 18.3 Å². The van der Waals surface area contributed by atoms with E-state index in [1.165, 1.54) is 37.6 Å². The third-order valence-electron chi connectivity index (χ3n) is 5.09. The predicted octanol–water partition coefficient (Wildman–Crippen LogP) is 8.21. The zero-order valence-corrected chi connectivity index (χ0v) is 23.9. The molecule has 2 aromatic carbocycles. The van der Waals surface area contributed by atoms with E-state index in [-0.39, 0.29) is 42.9 Å². The SMILES string of the molecule is CC(=O)/C=C(/C)O.Cc1[c-]c(-c2cc3cc(-c4ccc(F)cc4)sc3cn2)cc(C(C)(C)C)c1.[Ir]. The van der Waals surface area contributed by atoms with Crippen LogP contribution >= 0.6 is 11.3 Å². The van der Waals surface area contributed by atoms with Crippen molar-refractivity contribution >= 4 is 27.2 Å². The fraction of sp³-hybridized carbons (Fsp3) is 0.241. The van der Waals surface area contributed by atoms with Crippen LogP contribution in [0.25, 0.3) is 31.8 Å². The van der Waals surface area contributed by atoms with E-state index in [0.29, 0.717) is 0 Å². The molecule has 0 saturated carbocycles. The van der Waals surface area contributed by atoms with Crippen molar-refractivity contribution in [2.75, 3.05) is 0 Å². The maximum absolute atomic E-state index is 13.2. The molecular weight excluding hydrogens is 638 g/mol. The Labute approximate surface area is 224 Å². The van der Waals surface area contributed by atoms with Crippen molar-refractivity contribution < 1.29 is 34.4 Å². The summed E-state index contributed by atoms with van der Waals surface area (Å²) in [6.07, 6.45) is 3.09. The van der Waals surface area contributed by atoms with Gasteiger partial charge in [-0.25, -0.2) is 4.39 Å². The number of aryl methyl sites for hydroxylation is 1. The van der Waals surface area contributed by atoms with E-state index in [9.17, 15) is 9.18 Å². The molecule has 0 aliphatic heterocycles. The minimum Gasteiger partial charge on any atom is -0.512 e. The predicted molar refractivity (Wildman–Crippen MR) is 140 cm³/mol. The number of aliphatic hydroxyl groups excluding tert-OH is 1. The van der Waals surface area contributed by atoms with E-state index >= 15 is 0 Å². The van der Waals surface area contributed by atoms with Crippen LogP contribution in [0.2, 0.25) is 0 Å².